The monoisotopic (exact) mass is 290 g/mol. The summed E-state index contributed by atoms with van der Waals surface area (Å²) in [7, 11) is 0. The van der Waals surface area contributed by atoms with E-state index < -0.39 is 0 Å². The van der Waals surface area contributed by atoms with Crippen molar-refractivity contribution >= 4 is 0 Å². The maximum Gasteiger partial charge on any atom is 0.0681 e. The van der Waals surface area contributed by atoms with Gasteiger partial charge in [0, 0.05) is 12.6 Å². The number of nitrogens with zero attached hydrogens (tertiary/aromatic N) is 1. The maximum absolute atomic E-state index is 10.1. The smallest absolute Gasteiger partial charge is 0.0681 e. The molecule has 1 aliphatic heterocycles. The van der Waals surface area contributed by atoms with E-state index in [9.17, 15) is 5.11 Å². The summed E-state index contributed by atoms with van der Waals surface area (Å²) in [6, 6.07) is 11.1. The second-order valence-corrected chi connectivity index (χ2v) is 6.13. The van der Waals surface area contributed by atoms with Crippen LogP contribution in [0.25, 0.3) is 0 Å². The molecular weight excluding hydrogens is 260 g/mol. The predicted molar refractivity (Wildman–Crippen MR) is 88.4 cm³/mol. The molecule has 21 heavy (non-hydrogen) atoms. The van der Waals surface area contributed by atoms with E-state index >= 15 is 0 Å². The number of aliphatic hydroxyl groups is 1. The highest BCUT2D eigenvalue weighted by molar-refractivity contribution is 5.24. The molecule has 0 aliphatic carbocycles. The van der Waals surface area contributed by atoms with Crippen molar-refractivity contribution in [2.75, 3.05) is 26.2 Å². The van der Waals surface area contributed by atoms with Crippen LogP contribution in [-0.4, -0.2) is 42.3 Å². The van der Waals surface area contributed by atoms with Gasteiger partial charge in [-0.15, -0.1) is 0 Å². The molecule has 3 nitrogen and oxygen atoms in total. The van der Waals surface area contributed by atoms with E-state index in [2.05, 4.69) is 48.3 Å². The summed E-state index contributed by atoms with van der Waals surface area (Å²) in [5, 5.41) is 13.6. The van der Waals surface area contributed by atoms with Gasteiger partial charge < -0.3 is 15.3 Å². The van der Waals surface area contributed by atoms with Crippen molar-refractivity contribution in [3.05, 3.63) is 35.9 Å². The number of likely N-dealkylation sites (N-methyl/N-ethyl adjacent to an activating group) is 1. The van der Waals surface area contributed by atoms with Gasteiger partial charge in [0.05, 0.1) is 12.1 Å². The molecule has 1 aromatic carbocycles. The molecule has 0 radical (unpaired) electrons. The summed E-state index contributed by atoms with van der Waals surface area (Å²) in [4.78, 5) is 2.60. The fourth-order valence-corrected chi connectivity index (χ4v) is 3.64. The van der Waals surface area contributed by atoms with E-state index in [0.29, 0.717) is 0 Å². The molecular formula is C18H30N2O. The van der Waals surface area contributed by atoms with Crippen molar-refractivity contribution in [1.82, 2.24) is 10.2 Å². The molecule has 1 saturated heterocycles. The highest BCUT2D eigenvalue weighted by Gasteiger charge is 2.32. The van der Waals surface area contributed by atoms with Crippen LogP contribution >= 0.6 is 0 Å². The molecule has 1 fully saturated rings. The lowest BCUT2D eigenvalue weighted by Crippen LogP contribution is -2.48. The van der Waals surface area contributed by atoms with Gasteiger partial charge in [-0.2, -0.15) is 0 Å². The Labute approximate surface area is 129 Å². The molecule has 1 aliphatic rings. The fraction of sp³-hybridized carbons (Fsp3) is 0.667. The molecule has 118 valence electrons. The van der Waals surface area contributed by atoms with Gasteiger partial charge in [0.25, 0.3) is 0 Å². The number of aliphatic hydroxyl groups excluding tert-OH is 1. The second kappa shape index (κ2) is 7.92. The van der Waals surface area contributed by atoms with Gasteiger partial charge >= 0.3 is 0 Å². The third kappa shape index (κ3) is 3.85. The molecule has 0 aromatic heterocycles. The molecule has 0 bridgehead atoms. The van der Waals surface area contributed by atoms with Crippen LogP contribution < -0.4 is 5.32 Å². The first-order valence-electron chi connectivity index (χ1n) is 8.41. The summed E-state index contributed by atoms with van der Waals surface area (Å²) < 4.78 is 0. The van der Waals surface area contributed by atoms with E-state index in [1.807, 2.05) is 6.07 Å². The highest BCUT2D eigenvalue weighted by Crippen LogP contribution is 2.27. The molecule has 2 unspecified atom stereocenters. The molecule has 2 rings (SSSR count). The van der Waals surface area contributed by atoms with Crippen LogP contribution in [0.2, 0.25) is 0 Å². The Balaban J connectivity index is 2.09. The van der Waals surface area contributed by atoms with E-state index in [1.54, 1.807) is 0 Å². The molecule has 0 amide bonds. The van der Waals surface area contributed by atoms with Crippen LogP contribution in [0, 0.1) is 0 Å². The number of likely N-dealkylation sites (tertiary alicyclic amines) is 1. The zero-order chi connectivity index (χ0) is 15.1. The lowest BCUT2D eigenvalue weighted by Gasteiger charge is -2.36. The lowest BCUT2D eigenvalue weighted by molar-refractivity contribution is 0.129. The van der Waals surface area contributed by atoms with Crippen LogP contribution in [-0.2, 0) is 5.54 Å². The second-order valence-electron chi connectivity index (χ2n) is 6.13. The first-order chi connectivity index (χ1) is 10.3. The SMILES string of the molecule is CCNC(CO)(CCN1CCCC1CC)c1ccccc1. The molecule has 0 spiro atoms. The van der Waals surface area contributed by atoms with Gasteiger partial charge in [-0.3, -0.25) is 0 Å². The van der Waals surface area contributed by atoms with Crippen molar-refractivity contribution in [3.63, 3.8) is 0 Å². The van der Waals surface area contributed by atoms with Crippen molar-refractivity contribution in [2.45, 2.75) is 51.1 Å². The standard InChI is InChI=1S/C18H30N2O/c1-3-17-11-8-13-20(17)14-12-18(15-21,19-4-2)16-9-6-5-7-10-16/h5-7,9-10,17,19,21H,3-4,8,11-15H2,1-2H3. The number of hydrogen-bond donors (Lipinski definition) is 2. The Hall–Kier alpha value is -0.900. The summed E-state index contributed by atoms with van der Waals surface area (Å²) >= 11 is 0. The van der Waals surface area contributed by atoms with Gasteiger partial charge in [-0.05, 0) is 44.3 Å². The van der Waals surface area contributed by atoms with Crippen molar-refractivity contribution in [1.29, 1.82) is 0 Å². The normalized spacial score (nSPS) is 22.3. The number of rotatable bonds is 8. The van der Waals surface area contributed by atoms with Crippen LogP contribution in [0.1, 0.15) is 45.1 Å². The molecule has 2 N–H and O–H groups in total. The van der Waals surface area contributed by atoms with Gasteiger partial charge in [-0.25, -0.2) is 0 Å². The molecule has 1 heterocycles. The summed E-state index contributed by atoms with van der Waals surface area (Å²) in [5.41, 5.74) is 0.887. The Morgan fingerprint density at radius 2 is 2.05 bits per heavy atom. The number of hydrogen-bond acceptors (Lipinski definition) is 3. The van der Waals surface area contributed by atoms with Crippen LogP contribution in [0.15, 0.2) is 30.3 Å². The lowest BCUT2D eigenvalue weighted by atomic mass is 9.87. The molecule has 0 saturated carbocycles. The van der Waals surface area contributed by atoms with Gasteiger partial charge in [0.1, 0.15) is 0 Å². The minimum Gasteiger partial charge on any atom is -0.394 e. The first-order valence-corrected chi connectivity index (χ1v) is 8.41. The minimum absolute atomic E-state index is 0.148. The Kier molecular flexibility index (Phi) is 6.22. The maximum atomic E-state index is 10.1. The van der Waals surface area contributed by atoms with Crippen LogP contribution in [0.5, 0.6) is 0 Å². The predicted octanol–water partition coefficient (Wildman–Crippen LogP) is 2.75. The average molecular weight is 290 g/mol. The van der Waals surface area contributed by atoms with Crippen molar-refractivity contribution in [3.8, 4) is 0 Å². The number of nitrogens with one attached hydrogen (secondary N) is 1. The zero-order valence-corrected chi connectivity index (χ0v) is 13.5. The third-order valence-corrected chi connectivity index (χ3v) is 4.91. The van der Waals surface area contributed by atoms with E-state index in [-0.39, 0.29) is 12.1 Å². The van der Waals surface area contributed by atoms with Crippen molar-refractivity contribution < 1.29 is 5.11 Å². The van der Waals surface area contributed by atoms with E-state index in [0.717, 1.165) is 25.6 Å². The van der Waals surface area contributed by atoms with Crippen LogP contribution in [0.4, 0.5) is 0 Å². The minimum atomic E-state index is -0.309. The average Bonchev–Trinajstić information content (AvgIpc) is 3.00. The zero-order valence-electron chi connectivity index (χ0n) is 13.5. The fourth-order valence-electron chi connectivity index (χ4n) is 3.64. The first kappa shape index (κ1) is 16.5. The third-order valence-electron chi connectivity index (χ3n) is 4.91. The van der Waals surface area contributed by atoms with Gasteiger partial charge in [-0.1, -0.05) is 44.2 Å². The molecule has 3 heteroatoms. The van der Waals surface area contributed by atoms with Crippen molar-refractivity contribution in [2.24, 2.45) is 0 Å². The van der Waals surface area contributed by atoms with E-state index in [1.165, 1.54) is 31.4 Å². The Bertz CT molecular complexity index is 409. The summed E-state index contributed by atoms with van der Waals surface area (Å²) in [5.74, 6) is 0. The Morgan fingerprint density at radius 3 is 2.67 bits per heavy atom. The van der Waals surface area contributed by atoms with Gasteiger partial charge in [0.2, 0.25) is 0 Å². The van der Waals surface area contributed by atoms with Crippen LogP contribution in [0.3, 0.4) is 0 Å². The topological polar surface area (TPSA) is 35.5 Å². The summed E-state index contributed by atoms with van der Waals surface area (Å²) in [6.45, 7) is 7.67. The Morgan fingerprint density at radius 1 is 1.29 bits per heavy atom. The van der Waals surface area contributed by atoms with E-state index in [4.69, 9.17) is 0 Å². The summed E-state index contributed by atoms with van der Waals surface area (Å²) in [6.07, 6.45) is 4.84. The quantitative estimate of drug-likeness (QED) is 0.773. The number of benzene rings is 1. The molecule has 1 aromatic rings. The highest BCUT2D eigenvalue weighted by atomic mass is 16.3. The largest absolute Gasteiger partial charge is 0.394 e. The van der Waals surface area contributed by atoms with Gasteiger partial charge in [0.15, 0.2) is 0 Å². The molecule has 2 atom stereocenters.